The molecule has 0 spiro atoms. The van der Waals surface area contributed by atoms with Crippen molar-refractivity contribution in [3.63, 3.8) is 0 Å². The Hall–Kier alpha value is -3.26. The van der Waals surface area contributed by atoms with E-state index in [1.165, 1.54) is 0 Å². The second-order valence-corrected chi connectivity index (χ2v) is 10.9. The zero-order chi connectivity index (χ0) is 26.5. The summed E-state index contributed by atoms with van der Waals surface area (Å²) in [6.45, 7) is 13.2. The summed E-state index contributed by atoms with van der Waals surface area (Å²) in [5.74, 6) is 2.82. The Bertz CT molecular complexity index is 1280. The third kappa shape index (κ3) is 6.18. The first kappa shape index (κ1) is 26.8. The molecule has 1 unspecified atom stereocenters. The van der Waals surface area contributed by atoms with Gasteiger partial charge < -0.3 is 15.4 Å². The van der Waals surface area contributed by atoms with Crippen LogP contribution in [0.1, 0.15) is 63.3 Å². The van der Waals surface area contributed by atoms with Crippen molar-refractivity contribution in [2.45, 2.75) is 65.6 Å². The van der Waals surface area contributed by atoms with E-state index >= 15 is 0 Å². The van der Waals surface area contributed by atoms with Gasteiger partial charge in [-0.25, -0.2) is 4.68 Å². The van der Waals surface area contributed by atoms with Crippen LogP contribution >= 0.6 is 11.8 Å². The fourth-order valence-electron chi connectivity index (χ4n) is 4.22. The number of carbonyl (C=O) groups is 1. The lowest BCUT2D eigenvalue weighted by Crippen LogP contribution is -2.31. The zero-order valence-corrected chi connectivity index (χ0v) is 23.4. The third-order valence-electron chi connectivity index (χ3n) is 6.53. The summed E-state index contributed by atoms with van der Waals surface area (Å²) in [6, 6.07) is 13.5. The number of amides is 1. The molecule has 0 bridgehead atoms. The van der Waals surface area contributed by atoms with Crippen LogP contribution in [0.5, 0.6) is 5.75 Å². The van der Waals surface area contributed by atoms with E-state index in [4.69, 9.17) is 14.8 Å². The highest BCUT2D eigenvalue weighted by atomic mass is 32.2. The van der Waals surface area contributed by atoms with Gasteiger partial charge in [-0.1, -0.05) is 56.8 Å². The van der Waals surface area contributed by atoms with Crippen LogP contribution in [0.25, 0.3) is 0 Å². The predicted octanol–water partition coefficient (Wildman–Crippen LogP) is 6.75. The van der Waals surface area contributed by atoms with E-state index in [2.05, 4.69) is 31.4 Å². The number of rotatable bonds is 10. The number of nitrogens with zero attached hydrogens (tertiary/aromatic N) is 3. The molecule has 1 aromatic heterocycles. The number of aryl methyl sites for hydroxylation is 1. The highest BCUT2D eigenvalue weighted by Crippen LogP contribution is 2.37. The second-order valence-electron chi connectivity index (χ2n) is 9.88. The number of aromatic nitrogens is 3. The van der Waals surface area contributed by atoms with Gasteiger partial charge in [0.2, 0.25) is 11.1 Å². The molecule has 0 aliphatic carbocycles. The Balaban J connectivity index is 1.69. The number of nitrogens with one attached hydrogen (secondary N) is 2. The van der Waals surface area contributed by atoms with Crippen molar-refractivity contribution in [3.05, 3.63) is 70.4 Å². The van der Waals surface area contributed by atoms with Crippen molar-refractivity contribution in [1.82, 2.24) is 14.8 Å². The first-order chi connectivity index (χ1) is 17.8. The summed E-state index contributed by atoms with van der Waals surface area (Å²) in [5.41, 5.74) is 5.31. The SMILES string of the molecule is CCCSc1nc2n(n1)C(c1ccc(OCCC(C)C)cc1)C(C(=O)Nc1cccc(C)c1C)=C(C)N2. The van der Waals surface area contributed by atoms with Crippen molar-refractivity contribution in [2.24, 2.45) is 5.92 Å². The van der Waals surface area contributed by atoms with Gasteiger partial charge in [-0.05, 0) is 74.4 Å². The van der Waals surface area contributed by atoms with Crippen LogP contribution in [-0.4, -0.2) is 33.0 Å². The van der Waals surface area contributed by atoms with Crippen LogP contribution in [0.15, 0.2) is 58.9 Å². The number of carbonyl (C=O) groups excluding carboxylic acids is 1. The Kier molecular flexibility index (Phi) is 8.59. The molecule has 2 N–H and O–H groups in total. The standard InChI is InChI=1S/C29H37N5O2S/c1-7-17-37-29-32-28-30-21(6)25(27(35)31-24-10-8-9-19(4)20(24)5)26(34(28)33-29)22-11-13-23(14-12-22)36-16-15-18(2)3/h8-14,18,26H,7,15-17H2,1-6H3,(H,31,35)(H,30,32,33). The molecule has 3 aromatic rings. The molecule has 0 saturated heterocycles. The van der Waals surface area contributed by atoms with Gasteiger partial charge >= 0.3 is 0 Å². The molecule has 1 atom stereocenters. The number of fused-ring (bicyclic) bond motifs is 1. The molecule has 4 rings (SSSR count). The molecule has 196 valence electrons. The molecule has 1 aliphatic heterocycles. The molecule has 0 saturated carbocycles. The van der Waals surface area contributed by atoms with E-state index in [1.807, 2.05) is 67.9 Å². The molecule has 1 aliphatic rings. The quantitative estimate of drug-likeness (QED) is 0.288. The molecule has 2 heterocycles. The van der Waals surface area contributed by atoms with Gasteiger partial charge in [0.25, 0.3) is 5.91 Å². The van der Waals surface area contributed by atoms with Gasteiger partial charge in [0.1, 0.15) is 11.8 Å². The molecule has 0 radical (unpaired) electrons. The average Bonchev–Trinajstić information content (AvgIpc) is 3.27. The van der Waals surface area contributed by atoms with Crippen LogP contribution in [-0.2, 0) is 4.79 Å². The molecule has 2 aromatic carbocycles. The van der Waals surface area contributed by atoms with Gasteiger partial charge in [-0.2, -0.15) is 4.98 Å². The van der Waals surface area contributed by atoms with Gasteiger partial charge in [-0.3, -0.25) is 4.79 Å². The molecule has 1 amide bonds. The summed E-state index contributed by atoms with van der Waals surface area (Å²) >= 11 is 1.62. The normalized spacial score (nSPS) is 14.9. The number of benzene rings is 2. The summed E-state index contributed by atoms with van der Waals surface area (Å²) < 4.78 is 7.77. The molecular formula is C29H37N5O2S. The minimum absolute atomic E-state index is 0.162. The van der Waals surface area contributed by atoms with Crippen LogP contribution < -0.4 is 15.4 Å². The minimum Gasteiger partial charge on any atom is -0.494 e. The van der Waals surface area contributed by atoms with E-state index in [-0.39, 0.29) is 5.91 Å². The number of anilines is 2. The molecule has 0 fully saturated rings. The highest BCUT2D eigenvalue weighted by Gasteiger charge is 2.34. The fraction of sp³-hybridized carbons (Fsp3) is 0.414. The topological polar surface area (TPSA) is 81.1 Å². The van der Waals surface area contributed by atoms with E-state index < -0.39 is 6.04 Å². The maximum Gasteiger partial charge on any atom is 0.255 e. The molecule has 37 heavy (non-hydrogen) atoms. The Morgan fingerprint density at radius 3 is 2.62 bits per heavy atom. The lowest BCUT2D eigenvalue weighted by molar-refractivity contribution is -0.113. The van der Waals surface area contributed by atoms with E-state index in [0.29, 0.717) is 29.2 Å². The third-order valence-corrected chi connectivity index (χ3v) is 7.57. The van der Waals surface area contributed by atoms with Gasteiger partial charge in [0.05, 0.1) is 12.2 Å². The van der Waals surface area contributed by atoms with Crippen molar-refractivity contribution >= 4 is 29.3 Å². The average molecular weight is 520 g/mol. The maximum absolute atomic E-state index is 13.8. The monoisotopic (exact) mass is 519 g/mol. The van der Waals surface area contributed by atoms with E-state index in [9.17, 15) is 4.79 Å². The number of ether oxygens (including phenoxy) is 1. The van der Waals surface area contributed by atoms with Crippen molar-refractivity contribution in [3.8, 4) is 5.75 Å². The Labute approximate surface area is 224 Å². The Morgan fingerprint density at radius 1 is 1.16 bits per heavy atom. The highest BCUT2D eigenvalue weighted by molar-refractivity contribution is 7.99. The fourth-order valence-corrected chi connectivity index (χ4v) is 4.91. The van der Waals surface area contributed by atoms with E-state index in [1.54, 1.807) is 11.8 Å². The molecular weight excluding hydrogens is 482 g/mol. The van der Waals surface area contributed by atoms with Crippen molar-refractivity contribution in [2.75, 3.05) is 23.0 Å². The number of hydrogen-bond donors (Lipinski definition) is 2. The summed E-state index contributed by atoms with van der Waals surface area (Å²) in [4.78, 5) is 18.5. The van der Waals surface area contributed by atoms with Crippen LogP contribution in [0.2, 0.25) is 0 Å². The lowest BCUT2D eigenvalue weighted by atomic mass is 9.94. The zero-order valence-electron chi connectivity index (χ0n) is 22.6. The summed E-state index contributed by atoms with van der Waals surface area (Å²) in [7, 11) is 0. The van der Waals surface area contributed by atoms with E-state index in [0.717, 1.165) is 52.4 Å². The predicted molar refractivity (Wildman–Crippen MR) is 151 cm³/mol. The summed E-state index contributed by atoms with van der Waals surface area (Å²) in [6.07, 6.45) is 2.03. The molecule has 8 heteroatoms. The smallest absolute Gasteiger partial charge is 0.255 e. The Morgan fingerprint density at radius 2 is 1.92 bits per heavy atom. The van der Waals surface area contributed by atoms with Crippen LogP contribution in [0.4, 0.5) is 11.6 Å². The van der Waals surface area contributed by atoms with Gasteiger partial charge in [-0.15, -0.1) is 5.10 Å². The maximum atomic E-state index is 13.8. The van der Waals surface area contributed by atoms with Gasteiger partial charge in [0, 0.05) is 17.1 Å². The van der Waals surface area contributed by atoms with Crippen molar-refractivity contribution in [1.29, 1.82) is 0 Å². The summed E-state index contributed by atoms with van der Waals surface area (Å²) in [5, 5.41) is 12.0. The van der Waals surface area contributed by atoms with Crippen LogP contribution in [0.3, 0.4) is 0 Å². The number of allylic oxidation sites excluding steroid dienone is 1. The largest absolute Gasteiger partial charge is 0.494 e. The van der Waals surface area contributed by atoms with Crippen molar-refractivity contribution < 1.29 is 9.53 Å². The van der Waals surface area contributed by atoms with Crippen LogP contribution in [0, 0.1) is 19.8 Å². The first-order valence-electron chi connectivity index (χ1n) is 13.0. The van der Waals surface area contributed by atoms with Gasteiger partial charge in [0.15, 0.2) is 0 Å². The second kappa shape index (κ2) is 11.9. The lowest BCUT2D eigenvalue weighted by Gasteiger charge is -2.29. The minimum atomic E-state index is -0.422. The number of thioether (sulfide) groups is 1. The molecule has 7 nitrogen and oxygen atoms in total. The first-order valence-corrected chi connectivity index (χ1v) is 13.9. The number of hydrogen-bond acceptors (Lipinski definition) is 6.